The minimum atomic E-state index is -0.544. The fourth-order valence-electron chi connectivity index (χ4n) is 2.20. The third-order valence-electron chi connectivity index (χ3n) is 3.23. The van der Waals surface area contributed by atoms with E-state index < -0.39 is 6.09 Å². The molecule has 1 fully saturated rings. The highest BCUT2D eigenvalue weighted by Gasteiger charge is 2.36. The Balaban J connectivity index is 2.05. The van der Waals surface area contributed by atoms with Gasteiger partial charge in [-0.3, -0.25) is 4.79 Å². The molecule has 1 aliphatic heterocycles. The normalized spacial score (nSPS) is 18.6. The van der Waals surface area contributed by atoms with Crippen molar-refractivity contribution in [1.82, 2.24) is 4.90 Å². The Kier molecular flexibility index (Phi) is 4.93. The summed E-state index contributed by atoms with van der Waals surface area (Å²) >= 11 is 0. The third kappa shape index (κ3) is 3.47. The Morgan fingerprint density at radius 2 is 2.15 bits per heavy atom. The number of imide groups is 1. The van der Waals surface area contributed by atoms with E-state index in [1.54, 1.807) is 6.08 Å². The fourth-order valence-corrected chi connectivity index (χ4v) is 2.20. The summed E-state index contributed by atoms with van der Waals surface area (Å²) in [5.41, 5.74) is 1.09. The summed E-state index contributed by atoms with van der Waals surface area (Å²) in [7, 11) is 0. The highest BCUT2D eigenvalue weighted by Crippen LogP contribution is 2.17. The molecular formula is C16H19NO3. The first-order chi connectivity index (χ1) is 9.72. The smallest absolute Gasteiger partial charge is 0.417 e. The van der Waals surface area contributed by atoms with Gasteiger partial charge in [0.25, 0.3) is 5.91 Å². The highest BCUT2D eigenvalue weighted by molar-refractivity contribution is 5.99. The number of hydrogen-bond acceptors (Lipinski definition) is 3. The van der Waals surface area contributed by atoms with Crippen LogP contribution < -0.4 is 0 Å². The quantitative estimate of drug-likeness (QED) is 0.775. The average Bonchev–Trinajstić information content (AvgIpc) is 2.81. The molecule has 2 rings (SSSR count). The molecular weight excluding hydrogens is 254 g/mol. The molecule has 1 heterocycles. The number of cyclic esters (lactones) is 1. The second-order valence-electron chi connectivity index (χ2n) is 4.82. The molecule has 0 aliphatic carbocycles. The number of ether oxygens (including phenoxy) is 1. The number of allylic oxidation sites excluding steroid dienone is 1. The first kappa shape index (κ1) is 14.3. The molecule has 2 amide bonds. The van der Waals surface area contributed by atoms with Crippen molar-refractivity contribution >= 4 is 12.0 Å². The molecule has 0 spiro atoms. The van der Waals surface area contributed by atoms with Crippen LogP contribution in [0.15, 0.2) is 42.5 Å². The molecule has 1 aromatic rings. The van der Waals surface area contributed by atoms with Crippen LogP contribution in [-0.4, -0.2) is 29.5 Å². The van der Waals surface area contributed by atoms with Crippen LogP contribution in [0.5, 0.6) is 0 Å². The van der Waals surface area contributed by atoms with Crippen LogP contribution in [0.4, 0.5) is 4.79 Å². The van der Waals surface area contributed by atoms with Gasteiger partial charge in [0.15, 0.2) is 0 Å². The predicted molar refractivity (Wildman–Crippen MR) is 76.2 cm³/mol. The van der Waals surface area contributed by atoms with Gasteiger partial charge in [-0.2, -0.15) is 0 Å². The van der Waals surface area contributed by atoms with Crippen molar-refractivity contribution in [1.29, 1.82) is 0 Å². The monoisotopic (exact) mass is 273 g/mol. The molecule has 0 aromatic heterocycles. The standard InChI is InChI=1S/C16H19NO3/c1-2-3-5-10-15(18)17-14(12-20-16(17)19)11-13-8-6-4-7-9-13/h4-10,14H,2-3,11-12H2,1H3/t14-/m0/s1. The molecule has 0 N–H and O–H groups in total. The number of carbonyl (C=O) groups excluding carboxylic acids is 2. The summed E-state index contributed by atoms with van der Waals surface area (Å²) in [4.78, 5) is 25.0. The minimum Gasteiger partial charge on any atom is -0.447 e. The van der Waals surface area contributed by atoms with Crippen LogP contribution in [0, 0.1) is 0 Å². The lowest BCUT2D eigenvalue weighted by Gasteiger charge is -2.18. The van der Waals surface area contributed by atoms with Crippen LogP contribution in [0.3, 0.4) is 0 Å². The molecule has 0 saturated carbocycles. The lowest BCUT2D eigenvalue weighted by atomic mass is 10.1. The van der Waals surface area contributed by atoms with Crippen LogP contribution in [0.25, 0.3) is 0 Å². The van der Waals surface area contributed by atoms with E-state index in [0.717, 1.165) is 18.4 Å². The Labute approximate surface area is 119 Å². The van der Waals surface area contributed by atoms with Crippen LogP contribution in [0.2, 0.25) is 0 Å². The van der Waals surface area contributed by atoms with E-state index in [2.05, 4.69) is 0 Å². The van der Waals surface area contributed by atoms with Gasteiger partial charge in [0.2, 0.25) is 0 Å². The van der Waals surface area contributed by atoms with Gasteiger partial charge in [-0.05, 0) is 24.5 Å². The molecule has 1 saturated heterocycles. The Bertz CT molecular complexity index is 496. The lowest BCUT2D eigenvalue weighted by Crippen LogP contribution is -2.39. The number of unbranched alkanes of at least 4 members (excludes halogenated alkanes) is 1. The molecule has 0 bridgehead atoms. The maximum absolute atomic E-state index is 12.1. The molecule has 106 valence electrons. The van der Waals surface area contributed by atoms with Gasteiger partial charge < -0.3 is 4.74 Å². The second kappa shape index (κ2) is 6.89. The van der Waals surface area contributed by atoms with E-state index in [9.17, 15) is 9.59 Å². The van der Waals surface area contributed by atoms with Crippen molar-refractivity contribution in [3.63, 3.8) is 0 Å². The molecule has 1 atom stereocenters. The van der Waals surface area contributed by atoms with E-state index in [-0.39, 0.29) is 18.6 Å². The summed E-state index contributed by atoms with van der Waals surface area (Å²) < 4.78 is 5.01. The number of carbonyl (C=O) groups is 2. The molecule has 1 aromatic carbocycles. The third-order valence-corrected chi connectivity index (χ3v) is 3.23. The van der Waals surface area contributed by atoms with Crippen molar-refractivity contribution in [3.05, 3.63) is 48.0 Å². The molecule has 4 heteroatoms. The Hall–Kier alpha value is -2.10. The van der Waals surface area contributed by atoms with Gasteiger partial charge in [-0.25, -0.2) is 9.69 Å². The fraction of sp³-hybridized carbons (Fsp3) is 0.375. The highest BCUT2D eigenvalue weighted by atomic mass is 16.6. The number of hydrogen-bond donors (Lipinski definition) is 0. The van der Waals surface area contributed by atoms with E-state index in [1.165, 1.54) is 11.0 Å². The summed E-state index contributed by atoms with van der Waals surface area (Å²) in [6.07, 6.45) is 5.15. The van der Waals surface area contributed by atoms with Crippen molar-refractivity contribution in [2.45, 2.75) is 32.2 Å². The summed E-state index contributed by atoms with van der Waals surface area (Å²) in [5.74, 6) is -0.290. The van der Waals surface area contributed by atoms with Gasteiger partial charge in [0.1, 0.15) is 6.61 Å². The van der Waals surface area contributed by atoms with Crippen molar-refractivity contribution in [2.24, 2.45) is 0 Å². The minimum absolute atomic E-state index is 0.219. The van der Waals surface area contributed by atoms with Gasteiger partial charge in [0.05, 0.1) is 6.04 Å². The number of benzene rings is 1. The van der Waals surface area contributed by atoms with E-state index in [0.29, 0.717) is 6.42 Å². The summed E-state index contributed by atoms with van der Waals surface area (Å²) in [6, 6.07) is 9.58. The number of rotatable bonds is 5. The lowest BCUT2D eigenvalue weighted by molar-refractivity contribution is -0.124. The summed E-state index contributed by atoms with van der Waals surface area (Å²) in [5, 5.41) is 0. The van der Waals surface area contributed by atoms with Crippen LogP contribution >= 0.6 is 0 Å². The molecule has 1 aliphatic rings. The van der Waals surface area contributed by atoms with Gasteiger partial charge in [0, 0.05) is 0 Å². The zero-order valence-corrected chi connectivity index (χ0v) is 11.6. The molecule has 20 heavy (non-hydrogen) atoms. The van der Waals surface area contributed by atoms with Gasteiger partial charge in [-0.15, -0.1) is 0 Å². The molecule has 4 nitrogen and oxygen atoms in total. The largest absolute Gasteiger partial charge is 0.447 e. The predicted octanol–water partition coefficient (Wildman–Crippen LogP) is 2.93. The zero-order chi connectivity index (χ0) is 14.4. The van der Waals surface area contributed by atoms with Crippen molar-refractivity contribution in [3.8, 4) is 0 Å². The first-order valence-corrected chi connectivity index (χ1v) is 6.92. The average molecular weight is 273 g/mol. The maximum Gasteiger partial charge on any atom is 0.417 e. The van der Waals surface area contributed by atoms with E-state index in [1.807, 2.05) is 37.3 Å². The topological polar surface area (TPSA) is 46.6 Å². The van der Waals surface area contributed by atoms with E-state index in [4.69, 9.17) is 4.74 Å². The van der Waals surface area contributed by atoms with Crippen LogP contribution in [-0.2, 0) is 16.0 Å². The Morgan fingerprint density at radius 3 is 2.85 bits per heavy atom. The van der Waals surface area contributed by atoms with Crippen molar-refractivity contribution in [2.75, 3.05) is 6.61 Å². The van der Waals surface area contributed by atoms with Crippen LogP contribution in [0.1, 0.15) is 25.3 Å². The maximum atomic E-state index is 12.1. The van der Waals surface area contributed by atoms with E-state index >= 15 is 0 Å². The first-order valence-electron chi connectivity index (χ1n) is 6.92. The number of nitrogens with zero attached hydrogens (tertiary/aromatic N) is 1. The van der Waals surface area contributed by atoms with Gasteiger partial charge in [-0.1, -0.05) is 49.8 Å². The summed E-state index contributed by atoms with van der Waals surface area (Å²) in [6.45, 7) is 2.30. The SMILES string of the molecule is CCCC=CC(=O)N1C(=O)OC[C@@H]1Cc1ccccc1. The molecule has 0 radical (unpaired) electrons. The Morgan fingerprint density at radius 1 is 1.40 bits per heavy atom. The second-order valence-corrected chi connectivity index (χ2v) is 4.82. The number of amides is 2. The molecule has 0 unspecified atom stereocenters. The zero-order valence-electron chi connectivity index (χ0n) is 11.6. The van der Waals surface area contributed by atoms with Gasteiger partial charge >= 0.3 is 6.09 Å². The van der Waals surface area contributed by atoms with Crippen molar-refractivity contribution < 1.29 is 14.3 Å².